The second-order valence-corrected chi connectivity index (χ2v) is 6.87. The zero-order valence-electron chi connectivity index (χ0n) is 12.8. The lowest BCUT2D eigenvalue weighted by Gasteiger charge is -2.08. The van der Waals surface area contributed by atoms with Gasteiger partial charge in [-0.1, -0.05) is 13.8 Å². The molecule has 8 nitrogen and oxygen atoms in total. The molecule has 124 valence electrons. The van der Waals surface area contributed by atoms with Gasteiger partial charge in [-0.25, -0.2) is 18.1 Å². The molecule has 23 heavy (non-hydrogen) atoms. The van der Waals surface area contributed by atoms with Crippen molar-refractivity contribution >= 4 is 15.9 Å². The summed E-state index contributed by atoms with van der Waals surface area (Å²) in [5, 5.41) is 2.60. The third-order valence-electron chi connectivity index (χ3n) is 3.02. The number of sulfonamides is 1. The van der Waals surface area contributed by atoms with Crippen molar-refractivity contribution in [2.75, 3.05) is 6.54 Å². The molecule has 0 radical (unpaired) electrons. The van der Waals surface area contributed by atoms with E-state index in [1.165, 1.54) is 30.9 Å². The van der Waals surface area contributed by atoms with Crippen LogP contribution in [0.5, 0.6) is 0 Å². The first kappa shape index (κ1) is 17.1. The lowest BCUT2D eigenvalue weighted by molar-refractivity contribution is -0.120. The molecule has 0 fully saturated rings. The predicted octanol–water partition coefficient (Wildman–Crippen LogP) is 0.788. The topological polar surface area (TPSA) is 114 Å². The van der Waals surface area contributed by atoms with Gasteiger partial charge >= 0.3 is 0 Å². The van der Waals surface area contributed by atoms with Gasteiger partial charge in [-0.05, 0) is 12.1 Å². The van der Waals surface area contributed by atoms with Crippen molar-refractivity contribution in [3.05, 3.63) is 42.4 Å². The van der Waals surface area contributed by atoms with E-state index in [1.807, 2.05) is 13.8 Å². The average Bonchev–Trinajstić information content (AvgIpc) is 3.01. The zero-order valence-corrected chi connectivity index (χ0v) is 13.6. The van der Waals surface area contributed by atoms with Crippen LogP contribution < -0.4 is 10.0 Å². The van der Waals surface area contributed by atoms with Crippen LogP contribution in [0.3, 0.4) is 0 Å². The SMILES string of the molecule is CC(C)c1ocnc1CNC(=O)CNS(=O)(=O)c1cccnc1. The number of rotatable bonds is 7. The van der Waals surface area contributed by atoms with Gasteiger partial charge in [0.05, 0.1) is 13.1 Å². The minimum atomic E-state index is -3.76. The molecular formula is C14H18N4O4S. The fourth-order valence-corrected chi connectivity index (χ4v) is 2.82. The van der Waals surface area contributed by atoms with Crippen LogP contribution >= 0.6 is 0 Å². The Labute approximate surface area is 134 Å². The van der Waals surface area contributed by atoms with Gasteiger partial charge in [0.2, 0.25) is 15.9 Å². The number of carbonyl (C=O) groups excluding carboxylic acids is 1. The largest absolute Gasteiger partial charge is 0.448 e. The highest BCUT2D eigenvalue weighted by atomic mass is 32.2. The summed E-state index contributed by atoms with van der Waals surface area (Å²) in [5.74, 6) is 0.380. The Morgan fingerprint density at radius 1 is 1.39 bits per heavy atom. The smallest absolute Gasteiger partial charge is 0.242 e. The maximum absolute atomic E-state index is 12.0. The summed E-state index contributed by atoms with van der Waals surface area (Å²) in [6.07, 6.45) is 4.00. The summed E-state index contributed by atoms with van der Waals surface area (Å²) in [4.78, 5) is 19.6. The molecule has 0 aliphatic heterocycles. The van der Waals surface area contributed by atoms with Crippen molar-refractivity contribution in [1.82, 2.24) is 20.0 Å². The Kier molecular flexibility index (Phi) is 5.45. The molecule has 9 heteroatoms. The predicted molar refractivity (Wildman–Crippen MR) is 81.9 cm³/mol. The number of hydrogen-bond acceptors (Lipinski definition) is 6. The second kappa shape index (κ2) is 7.34. The van der Waals surface area contributed by atoms with Gasteiger partial charge in [-0.3, -0.25) is 9.78 Å². The lowest BCUT2D eigenvalue weighted by Crippen LogP contribution is -2.36. The number of carbonyl (C=O) groups is 1. The highest BCUT2D eigenvalue weighted by Crippen LogP contribution is 2.17. The van der Waals surface area contributed by atoms with Crippen LogP contribution in [-0.2, 0) is 21.4 Å². The summed E-state index contributed by atoms with van der Waals surface area (Å²) < 4.78 is 31.4. The molecule has 0 saturated heterocycles. The number of nitrogens with zero attached hydrogens (tertiary/aromatic N) is 2. The molecule has 2 rings (SSSR count). The lowest BCUT2D eigenvalue weighted by atomic mass is 10.1. The first-order valence-electron chi connectivity index (χ1n) is 6.99. The van der Waals surface area contributed by atoms with Crippen molar-refractivity contribution in [2.24, 2.45) is 0 Å². The van der Waals surface area contributed by atoms with E-state index < -0.39 is 15.9 Å². The average molecular weight is 338 g/mol. The Hall–Kier alpha value is -2.26. The van der Waals surface area contributed by atoms with Crippen molar-refractivity contribution in [2.45, 2.75) is 31.2 Å². The van der Waals surface area contributed by atoms with E-state index >= 15 is 0 Å². The van der Waals surface area contributed by atoms with Gasteiger partial charge < -0.3 is 9.73 Å². The number of oxazole rings is 1. The van der Waals surface area contributed by atoms with Crippen LogP contribution in [0.15, 0.2) is 40.2 Å². The van der Waals surface area contributed by atoms with Gasteiger partial charge in [0.15, 0.2) is 6.39 Å². The first-order chi connectivity index (χ1) is 10.9. The summed E-state index contributed by atoms with van der Waals surface area (Å²) in [6, 6.07) is 2.91. The summed E-state index contributed by atoms with van der Waals surface area (Å²) in [5.41, 5.74) is 0.628. The standard InChI is InChI=1S/C14H18N4O4S/c1-10(2)14-12(17-9-22-14)7-16-13(19)8-18-23(20,21)11-4-3-5-15-6-11/h3-6,9-10,18H,7-8H2,1-2H3,(H,16,19). The van der Waals surface area contributed by atoms with Gasteiger partial charge in [-0.15, -0.1) is 0 Å². The third-order valence-corrected chi connectivity index (χ3v) is 4.40. The molecule has 2 N–H and O–H groups in total. The van der Waals surface area contributed by atoms with Crippen LogP contribution in [-0.4, -0.2) is 30.8 Å². The second-order valence-electron chi connectivity index (χ2n) is 5.11. The number of pyridine rings is 1. The molecule has 1 amide bonds. The summed E-state index contributed by atoms with van der Waals surface area (Å²) >= 11 is 0. The summed E-state index contributed by atoms with van der Waals surface area (Å²) in [6.45, 7) is 3.71. The molecule has 2 heterocycles. The molecule has 0 unspecified atom stereocenters. The molecule has 2 aromatic rings. The molecule has 0 aliphatic rings. The zero-order chi connectivity index (χ0) is 16.9. The highest BCUT2D eigenvalue weighted by Gasteiger charge is 2.16. The molecule has 0 bridgehead atoms. The van der Waals surface area contributed by atoms with E-state index in [0.717, 1.165) is 0 Å². The Bertz CT molecular complexity index is 756. The quantitative estimate of drug-likeness (QED) is 0.771. The first-order valence-corrected chi connectivity index (χ1v) is 8.47. The van der Waals surface area contributed by atoms with Crippen LogP contribution in [0.2, 0.25) is 0 Å². The van der Waals surface area contributed by atoms with Gasteiger partial charge in [0, 0.05) is 18.3 Å². The van der Waals surface area contributed by atoms with Crippen molar-refractivity contribution in [1.29, 1.82) is 0 Å². The molecule has 0 aromatic carbocycles. The Morgan fingerprint density at radius 3 is 2.83 bits per heavy atom. The van der Waals surface area contributed by atoms with E-state index in [0.29, 0.717) is 11.5 Å². The molecule has 2 aromatic heterocycles. The minimum Gasteiger partial charge on any atom is -0.448 e. The fourth-order valence-electron chi connectivity index (χ4n) is 1.88. The van der Waals surface area contributed by atoms with E-state index in [2.05, 4.69) is 20.0 Å². The van der Waals surface area contributed by atoms with Crippen LogP contribution in [0, 0.1) is 0 Å². The number of nitrogens with one attached hydrogen (secondary N) is 2. The number of hydrogen-bond donors (Lipinski definition) is 2. The van der Waals surface area contributed by atoms with Gasteiger partial charge in [0.1, 0.15) is 16.3 Å². The van der Waals surface area contributed by atoms with Crippen molar-refractivity contribution < 1.29 is 17.6 Å². The highest BCUT2D eigenvalue weighted by molar-refractivity contribution is 7.89. The van der Waals surface area contributed by atoms with Crippen molar-refractivity contribution in [3.63, 3.8) is 0 Å². The number of aromatic nitrogens is 2. The maximum atomic E-state index is 12.0. The summed E-state index contributed by atoms with van der Waals surface area (Å²) in [7, 11) is -3.76. The van der Waals surface area contributed by atoms with E-state index in [1.54, 1.807) is 0 Å². The molecule has 0 saturated carbocycles. The fraction of sp³-hybridized carbons (Fsp3) is 0.357. The minimum absolute atomic E-state index is 0.00592. The van der Waals surface area contributed by atoms with Crippen LogP contribution in [0.4, 0.5) is 0 Å². The van der Waals surface area contributed by atoms with Crippen molar-refractivity contribution in [3.8, 4) is 0 Å². The maximum Gasteiger partial charge on any atom is 0.242 e. The third kappa shape index (κ3) is 4.60. The van der Waals surface area contributed by atoms with E-state index in [-0.39, 0.29) is 23.9 Å². The van der Waals surface area contributed by atoms with E-state index in [4.69, 9.17) is 4.42 Å². The molecule has 0 aliphatic carbocycles. The monoisotopic (exact) mass is 338 g/mol. The van der Waals surface area contributed by atoms with E-state index in [9.17, 15) is 13.2 Å². The van der Waals surface area contributed by atoms with Gasteiger partial charge in [-0.2, -0.15) is 0 Å². The molecule has 0 spiro atoms. The van der Waals surface area contributed by atoms with Gasteiger partial charge in [0.25, 0.3) is 0 Å². The van der Waals surface area contributed by atoms with Crippen LogP contribution in [0.25, 0.3) is 0 Å². The number of amides is 1. The molecule has 0 atom stereocenters. The molecular weight excluding hydrogens is 320 g/mol. The Balaban J connectivity index is 1.87. The normalized spacial score (nSPS) is 11.6. The van der Waals surface area contributed by atoms with Crippen LogP contribution in [0.1, 0.15) is 31.2 Å². The Morgan fingerprint density at radius 2 is 2.17 bits per heavy atom.